The summed E-state index contributed by atoms with van der Waals surface area (Å²) in [7, 11) is 0. The van der Waals surface area contributed by atoms with Crippen molar-refractivity contribution in [3.63, 3.8) is 0 Å². The van der Waals surface area contributed by atoms with Crippen molar-refractivity contribution in [2.45, 2.75) is 20.3 Å². The van der Waals surface area contributed by atoms with Crippen LogP contribution in [0.1, 0.15) is 25.8 Å². The van der Waals surface area contributed by atoms with Gasteiger partial charge in [-0.3, -0.25) is 0 Å². The van der Waals surface area contributed by atoms with E-state index in [2.05, 4.69) is 28.9 Å². The average Bonchev–Trinajstić information content (AvgIpc) is 2.41. The van der Waals surface area contributed by atoms with Gasteiger partial charge in [-0.2, -0.15) is 0 Å². The fourth-order valence-corrected chi connectivity index (χ4v) is 1.62. The zero-order valence-electron chi connectivity index (χ0n) is 11.5. The Hall–Kier alpha value is -1.33. The molecular weight excluding hydrogens is 266 g/mol. The molecule has 0 unspecified atom stereocenters. The molecule has 108 valence electrons. The molecule has 0 aromatic carbocycles. The predicted molar refractivity (Wildman–Crippen MR) is 78.8 cm³/mol. The van der Waals surface area contributed by atoms with Gasteiger partial charge in [-0.1, -0.05) is 19.0 Å². The third-order valence-corrected chi connectivity index (χ3v) is 2.73. The number of rotatable bonds is 8. The molecule has 5 nitrogen and oxygen atoms in total. The van der Waals surface area contributed by atoms with Gasteiger partial charge in [-0.05, 0) is 25.6 Å². The second-order valence-corrected chi connectivity index (χ2v) is 3.90. The fraction of sp³-hybridized carbons (Fsp3) is 0.538. The quantitative estimate of drug-likeness (QED) is 0.345. The maximum atomic E-state index is 8.37. The highest BCUT2D eigenvalue weighted by Gasteiger charge is 1.99. The Labute approximate surface area is 120 Å². The summed E-state index contributed by atoms with van der Waals surface area (Å²) < 4.78 is 5.53. The second-order valence-electron chi connectivity index (χ2n) is 3.90. The van der Waals surface area contributed by atoms with Crippen LogP contribution in [0.25, 0.3) is 0 Å². The first-order valence-corrected chi connectivity index (χ1v) is 6.28. The van der Waals surface area contributed by atoms with Gasteiger partial charge in [0.05, 0.1) is 12.8 Å². The molecule has 0 saturated heterocycles. The molecule has 0 saturated carbocycles. The lowest BCUT2D eigenvalue weighted by atomic mass is 10.3. The smallest absolute Gasteiger partial charge is 0.213 e. The highest BCUT2D eigenvalue weighted by atomic mass is 35.5. The monoisotopic (exact) mass is 287 g/mol. The van der Waals surface area contributed by atoms with E-state index in [1.54, 1.807) is 18.3 Å². The Morgan fingerprint density at radius 1 is 1.37 bits per heavy atom. The van der Waals surface area contributed by atoms with Gasteiger partial charge in [0.15, 0.2) is 0 Å². The van der Waals surface area contributed by atoms with Gasteiger partial charge in [0, 0.05) is 24.4 Å². The number of pyridine rings is 1. The molecule has 0 fully saturated rings. The number of oxime groups is 1. The second kappa shape index (κ2) is 10.6. The topological polar surface area (TPSA) is 58.0 Å². The van der Waals surface area contributed by atoms with Gasteiger partial charge in [0.25, 0.3) is 0 Å². The van der Waals surface area contributed by atoms with E-state index < -0.39 is 0 Å². The summed E-state index contributed by atoms with van der Waals surface area (Å²) in [5.74, 6) is 0.602. The Bertz CT molecular complexity index is 353. The maximum absolute atomic E-state index is 8.37. The van der Waals surface area contributed by atoms with E-state index in [1.165, 1.54) is 6.21 Å². The first-order chi connectivity index (χ1) is 8.80. The van der Waals surface area contributed by atoms with Gasteiger partial charge in [0.2, 0.25) is 5.88 Å². The Morgan fingerprint density at radius 3 is 2.63 bits per heavy atom. The Kier molecular flexibility index (Phi) is 9.84. The van der Waals surface area contributed by atoms with Crippen LogP contribution in [-0.2, 0) is 0 Å². The summed E-state index contributed by atoms with van der Waals surface area (Å²) >= 11 is 0. The van der Waals surface area contributed by atoms with E-state index in [-0.39, 0.29) is 12.4 Å². The van der Waals surface area contributed by atoms with Crippen LogP contribution in [0, 0.1) is 0 Å². The summed E-state index contributed by atoms with van der Waals surface area (Å²) in [6.45, 7) is 8.17. The summed E-state index contributed by atoms with van der Waals surface area (Å²) in [5.41, 5.74) is 0.744. The zero-order chi connectivity index (χ0) is 13.2. The lowest BCUT2D eigenvalue weighted by Crippen LogP contribution is -2.25. The lowest BCUT2D eigenvalue weighted by Gasteiger charge is -2.17. The third-order valence-electron chi connectivity index (χ3n) is 2.73. The minimum atomic E-state index is 0. The molecule has 1 rings (SSSR count). The molecule has 0 bridgehead atoms. The molecular formula is C13H22ClN3O2. The van der Waals surface area contributed by atoms with Crippen LogP contribution in [0.5, 0.6) is 5.88 Å². The number of aromatic nitrogens is 1. The number of hydrogen-bond acceptors (Lipinski definition) is 5. The van der Waals surface area contributed by atoms with E-state index in [4.69, 9.17) is 9.94 Å². The van der Waals surface area contributed by atoms with Crippen LogP contribution in [-0.4, -0.2) is 47.5 Å². The molecule has 0 amide bonds. The van der Waals surface area contributed by atoms with Crippen LogP contribution in [0.4, 0.5) is 0 Å². The third kappa shape index (κ3) is 6.98. The standard InChI is InChI=1S/C13H21N3O2.ClH/c1-3-16(4-2)8-5-9-18-13-7-6-12(10-14-13)11-15-17;/h6-7,10-11,17H,3-5,8-9H2,1-2H3;1H/b15-11+;. The van der Waals surface area contributed by atoms with Crippen molar-refractivity contribution in [2.24, 2.45) is 5.16 Å². The van der Waals surface area contributed by atoms with E-state index in [0.29, 0.717) is 12.5 Å². The number of halogens is 1. The van der Waals surface area contributed by atoms with E-state index in [9.17, 15) is 0 Å². The molecule has 0 aliphatic rings. The van der Waals surface area contributed by atoms with Crippen molar-refractivity contribution in [1.29, 1.82) is 0 Å². The maximum Gasteiger partial charge on any atom is 0.213 e. The zero-order valence-corrected chi connectivity index (χ0v) is 12.3. The molecule has 0 atom stereocenters. The highest BCUT2D eigenvalue weighted by molar-refractivity contribution is 5.85. The first kappa shape index (κ1) is 17.7. The van der Waals surface area contributed by atoms with Crippen molar-refractivity contribution >= 4 is 18.6 Å². The summed E-state index contributed by atoms with van der Waals surface area (Å²) in [5, 5.41) is 11.3. The Balaban J connectivity index is 0.00000324. The number of ether oxygens (including phenoxy) is 1. The van der Waals surface area contributed by atoms with Gasteiger partial charge < -0.3 is 14.8 Å². The Morgan fingerprint density at radius 2 is 2.11 bits per heavy atom. The van der Waals surface area contributed by atoms with E-state index >= 15 is 0 Å². The molecule has 0 aliphatic carbocycles. The van der Waals surface area contributed by atoms with Crippen molar-refractivity contribution in [1.82, 2.24) is 9.88 Å². The van der Waals surface area contributed by atoms with Crippen LogP contribution in [0.2, 0.25) is 0 Å². The molecule has 19 heavy (non-hydrogen) atoms. The number of nitrogens with zero attached hydrogens (tertiary/aromatic N) is 3. The van der Waals surface area contributed by atoms with Gasteiger partial charge in [-0.25, -0.2) is 4.98 Å². The molecule has 1 aromatic rings. The van der Waals surface area contributed by atoms with Crippen LogP contribution in [0.3, 0.4) is 0 Å². The van der Waals surface area contributed by atoms with E-state index in [1.807, 2.05) is 0 Å². The molecule has 6 heteroatoms. The first-order valence-electron chi connectivity index (χ1n) is 6.28. The molecule has 1 N–H and O–H groups in total. The average molecular weight is 288 g/mol. The normalized spacial score (nSPS) is 10.7. The molecule has 0 aliphatic heterocycles. The predicted octanol–water partition coefficient (Wildman–Crippen LogP) is 2.42. The van der Waals surface area contributed by atoms with Crippen LogP contribution < -0.4 is 4.74 Å². The summed E-state index contributed by atoms with van der Waals surface area (Å²) in [4.78, 5) is 6.47. The summed E-state index contributed by atoms with van der Waals surface area (Å²) in [6.07, 6.45) is 3.93. The van der Waals surface area contributed by atoms with E-state index in [0.717, 1.165) is 31.6 Å². The lowest BCUT2D eigenvalue weighted by molar-refractivity contribution is 0.244. The SMILES string of the molecule is CCN(CC)CCCOc1ccc(/C=N/O)cn1.Cl. The molecule has 1 aromatic heterocycles. The molecule has 0 radical (unpaired) electrons. The van der Waals surface area contributed by atoms with Crippen LogP contribution >= 0.6 is 12.4 Å². The highest BCUT2D eigenvalue weighted by Crippen LogP contribution is 2.06. The van der Waals surface area contributed by atoms with Gasteiger partial charge >= 0.3 is 0 Å². The van der Waals surface area contributed by atoms with Crippen molar-refractivity contribution in [2.75, 3.05) is 26.2 Å². The fourth-order valence-electron chi connectivity index (χ4n) is 1.62. The van der Waals surface area contributed by atoms with Crippen LogP contribution in [0.15, 0.2) is 23.5 Å². The van der Waals surface area contributed by atoms with Crippen molar-refractivity contribution in [3.8, 4) is 5.88 Å². The molecule has 1 heterocycles. The minimum Gasteiger partial charge on any atom is -0.478 e. The molecule has 0 spiro atoms. The largest absolute Gasteiger partial charge is 0.478 e. The summed E-state index contributed by atoms with van der Waals surface area (Å²) in [6, 6.07) is 3.57. The van der Waals surface area contributed by atoms with Crippen molar-refractivity contribution < 1.29 is 9.94 Å². The number of hydrogen-bond donors (Lipinski definition) is 1. The van der Waals surface area contributed by atoms with Gasteiger partial charge in [-0.15, -0.1) is 12.4 Å². The van der Waals surface area contributed by atoms with Gasteiger partial charge in [0.1, 0.15) is 0 Å². The van der Waals surface area contributed by atoms with Crippen molar-refractivity contribution in [3.05, 3.63) is 23.9 Å². The minimum absolute atomic E-state index is 0.